The highest BCUT2D eigenvalue weighted by molar-refractivity contribution is 6.31. The van der Waals surface area contributed by atoms with Crippen molar-refractivity contribution in [3.63, 3.8) is 0 Å². The first-order valence-electron chi connectivity index (χ1n) is 13.0. The second-order valence-electron chi connectivity index (χ2n) is 9.92. The molecule has 5 rings (SSSR count). The second kappa shape index (κ2) is 11.4. The second-order valence-corrected chi connectivity index (χ2v) is 10.4. The Balaban J connectivity index is 1.16. The Labute approximate surface area is 225 Å². The molecule has 0 aliphatic carbocycles. The standard InChI is InChI=1S/C29H30ClN3O5/c30-21-8-9-25-23(15-21)24(34)16-26(38-25)29(37)31-17-28(36)32-13-10-19(11-14-32)22-6-2-1-5-20(22)18-33-12-4-3-7-27(33)35/h1-2,5-6,8-9,15-16,19H,3-4,7,10-14,17-18H2,(H,31,37). The van der Waals surface area contributed by atoms with Crippen molar-refractivity contribution >= 4 is 40.3 Å². The van der Waals surface area contributed by atoms with Gasteiger partial charge in [-0.15, -0.1) is 0 Å². The lowest BCUT2D eigenvalue weighted by molar-refractivity contribution is -0.134. The largest absolute Gasteiger partial charge is 0.451 e. The van der Waals surface area contributed by atoms with Gasteiger partial charge in [0.2, 0.25) is 11.8 Å². The van der Waals surface area contributed by atoms with E-state index in [1.807, 2.05) is 17.0 Å². The van der Waals surface area contributed by atoms with Crippen LogP contribution >= 0.6 is 11.6 Å². The smallest absolute Gasteiger partial charge is 0.287 e. The van der Waals surface area contributed by atoms with Gasteiger partial charge in [0.05, 0.1) is 11.9 Å². The maximum atomic E-state index is 12.8. The first-order chi connectivity index (χ1) is 18.4. The first kappa shape index (κ1) is 26.0. The zero-order valence-corrected chi connectivity index (χ0v) is 21.8. The Morgan fingerprint density at radius 1 is 1.00 bits per heavy atom. The molecule has 1 aromatic heterocycles. The molecule has 2 fully saturated rings. The molecular formula is C29H30ClN3O5. The van der Waals surface area contributed by atoms with E-state index in [4.69, 9.17) is 16.0 Å². The highest BCUT2D eigenvalue weighted by atomic mass is 35.5. The van der Waals surface area contributed by atoms with Crippen LogP contribution in [0.1, 0.15) is 59.7 Å². The number of carbonyl (C=O) groups is 3. The molecule has 38 heavy (non-hydrogen) atoms. The number of carbonyl (C=O) groups excluding carboxylic acids is 3. The zero-order chi connectivity index (χ0) is 26.6. The molecule has 198 valence electrons. The minimum atomic E-state index is -0.622. The molecule has 0 spiro atoms. The Morgan fingerprint density at radius 3 is 2.58 bits per heavy atom. The van der Waals surface area contributed by atoms with Crippen molar-refractivity contribution in [2.75, 3.05) is 26.2 Å². The van der Waals surface area contributed by atoms with Gasteiger partial charge in [-0.3, -0.25) is 19.2 Å². The Morgan fingerprint density at radius 2 is 1.79 bits per heavy atom. The monoisotopic (exact) mass is 535 g/mol. The SMILES string of the molecule is O=C(NCC(=O)N1CCC(c2ccccc2CN2CCCCC2=O)CC1)c1cc(=O)c2cc(Cl)ccc2o1. The van der Waals surface area contributed by atoms with Gasteiger partial charge in [-0.2, -0.15) is 0 Å². The van der Waals surface area contributed by atoms with E-state index in [0.29, 0.717) is 37.0 Å². The average molecular weight is 536 g/mol. The average Bonchev–Trinajstić information content (AvgIpc) is 2.93. The van der Waals surface area contributed by atoms with E-state index < -0.39 is 5.91 Å². The molecule has 8 nitrogen and oxygen atoms in total. The van der Waals surface area contributed by atoms with Crippen LogP contribution in [-0.2, 0) is 16.1 Å². The van der Waals surface area contributed by atoms with Crippen LogP contribution in [0.4, 0.5) is 0 Å². The minimum Gasteiger partial charge on any atom is -0.451 e. The number of amides is 3. The summed E-state index contributed by atoms with van der Waals surface area (Å²) in [4.78, 5) is 53.8. The number of rotatable bonds is 6. The van der Waals surface area contributed by atoms with Gasteiger partial charge in [0.25, 0.3) is 5.91 Å². The molecular weight excluding hydrogens is 506 g/mol. The van der Waals surface area contributed by atoms with E-state index in [2.05, 4.69) is 17.4 Å². The summed E-state index contributed by atoms with van der Waals surface area (Å²) < 4.78 is 5.55. The van der Waals surface area contributed by atoms with Gasteiger partial charge in [-0.1, -0.05) is 35.9 Å². The summed E-state index contributed by atoms with van der Waals surface area (Å²) in [5, 5.41) is 3.26. The summed E-state index contributed by atoms with van der Waals surface area (Å²) in [7, 11) is 0. The van der Waals surface area contributed by atoms with E-state index in [1.54, 1.807) is 11.0 Å². The van der Waals surface area contributed by atoms with E-state index in [-0.39, 0.29) is 40.5 Å². The lowest BCUT2D eigenvalue weighted by atomic mass is 9.86. The van der Waals surface area contributed by atoms with Gasteiger partial charge >= 0.3 is 0 Å². The third kappa shape index (κ3) is 5.75. The normalized spacial score (nSPS) is 16.6. The molecule has 2 aliphatic heterocycles. The molecule has 3 heterocycles. The topological polar surface area (TPSA) is 99.9 Å². The Kier molecular flexibility index (Phi) is 7.79. The predicted octanol–water partition coefficient (Wildman–Crippen LogP) is 4.09. The molecule has 2 aromatic carbocycles. The fraction of sp³-hybridized carbons (Fsp3) is 0.379. The molecule has 0 bridgehead atoms. The van der Waals surface area contributed by atoms with Crippen LogP contribution in [0.5, 0.6) is 0 Å². The van der Waals surface area contributed by atoms with Gasteiger partial charge in [0, 0.05) is 43.7 Å². The summed E-state index contributed by atoms with van der Waals surface area (Å²) in [6, 6.07) is 14.0. The lowest BCUT2D eigenvalue weighted by Gasteiger charge is -2.34. The number of halogens is 1. The third-order valence-corrected chi connectivity index (χ3v) is 7.67. The van der Waals surface area contributed by atoms with Crippen molar-refractivity contribution < 1.29 is 18.8 Å². The summed E-state index contributed by atoms with van der Waals surface area (Å²) in [5.41, 5.74) is 2.31. The van der Waals surface area contributed by atoms with Crippen LogP contribution < -0.4 is 10.7 Å². The molecule has 2 aliphatic rings. The molecule has 3 amide bonds. The van der Waals surface area contributed by atoms with Crippen molar-refractivity contribution in [2.45, 2.75) is 44.6 Å². The van der Waals surface area contributed by atoms with E-state index in [0.717, 1.165) is 38.3 Å². The molecule has 3 aromatic rings. The van der Waals surface area contributed by atoms with Gasteiger partial charge < -0.3 is 19.5 Å². The number of fused-ring (bicyclic) bond motifs is 1. The zero-order valence-electron chi connectivity index (χ0n) is 21.1. The predicted molar refractivity (Wildman–Crippen MR) is 144 cm³/mol. The first-order valence-corrected chi connectivity index (χ1v) is 13.4. The number of hydrogen-bond acceptors (Lipinski definition) is 5. The molecule has 0 atom stereocenters. The Bertz CT molecular complexity index is 1430. The molecule has 0 radical (unpaired) electrons. The number of nitrogens with one attached hydrogen (secondary N) is 1. The van der Waals surface area contributed by atoms with E-state index in [9.17, 15) is 19.2 Å². The molecule has 0 unspecified atom stereocenters. The van der Waals surface area contributed by atoms with Gasteiger partial charge in [0.15, 0.2) is 11.2 Å². The number of likely N-dealkylation sites (tertiary alicyclic amines) is 2. The van der Waals surface area contributed by atoms with Gasteiger partial charge in [0.1, 0.15) is 5.58 Å². The maximum Gasteiger partial charge on any atom is 0.287 e. The van der Waals surface area contributed by atoms with Crippen LogP contribution in [0.3, 0.4) is 0 Å². The van der Waals surface area contributed by atoms with Crippen LogP contribution in [-0.4, -0.2) is 53.7 Å². The van der Waals surface area contributed by atoms with Crippen LogP contribution in [0.2, 0.25) is 5.02 Å². The number of piperidine rings is 2. The highest BCUT2D eigenvalue weighted by Gasteiger charge is 2.27. The maximum absolute atomic E-state index is 12.8. The van der Waals surface area contributed by atoms with Crippen molar-refractivity contribution in [3.05, 3.63) is 80.7 Å². The number of hydrogen-bond donors (Lipinski definition) is 1. The fourth-order valence-corrected chi connectivity index (χ4v) is 5.52. The summed E-state index contributed by atoms with van der Waals surface area (Å²) in [6.45, 7) is 2.44. The van der Waals surface area contributed by atoms with Crippen LogP contribution in [0, 0.1) is 0 Å². The summed E-state index contributed by atoms with van der Waals surface area (Å²) in [5.74, 6) is -0.423. The van der Waals surface area contributed by atoms with E-state index >= 15 is 0 Å². The minimum absolute atomic E-state index is 0.153. The molecule has 9 heteroatoms. The van der Waals surface area contributed by atoms with Crippen LogP contribution in [0.15, 0.2) is 57.7 Å². The summed E-state index contributed by atoms with van der Waals surface area (Å²) in [6.07, 6.45) is 4.27. The molecule has 0 saturated carbocycles. The highest BCUT2D eigenvalue weighted by Crippen LogP contribution is 2.31. The van der Waals surface area contributed by atoms with Gasteiger partial charge in [-0.05, 0) is 60.9 Å². The Hall–Kier alpha value is -3.65. The van der Waals surface area contributed by atoms with E-state index in [1.165, 1.54) is 23.3 Å². The number of benzene rings is 2. The van der Waals surface area contributed by atoms with Crippen molar-refractivity contribution in [2.24, 2.45) is 0 Å². The van der Waals surface area contributed by atoms with Crippen molar-refractivity contribution in [3.8, 4) is 0 Å². The lowest BCUT2D eigenvalue weighted by Crippen LogP contribution is -2.44. The van der Waals surface area contributed by atoms with Crippen molar-refractivity contribution in [1.82, 2.24) is 15.1 Å². The fourth-order valence-electron chi connectivity index (χ4n) is 5.35. The summed E-state index contributed by atoms with van der Waals surface area (Å²) >= 11 is 5.93. The quantitative estimate of drug-likeness (QED) is 0.512. The third-order valence-electron chi connectivity index (χ3n) is 7.44. The van der Waals surface area contributed by atoms with Crippen LogP contribution in [0.25, 0.3) is 11.0 Å². The molecule has 2 saturated heterocycles. The van der Waals surface area contributed by atoms with Crippen molar-refractivity contribution in [1.29, 1.82) is 0 Å². The number of nitrogens with zero attached hydrogens (tertiary/aromatic N) is 2. The van der Waals surface area contributed by atoms with Gasteiger partial charge in [-0.25, -0.2) is 0 Å². The molecule has 1 N–H and O–H groups in total.